The van der Waals surface area contributed by atoms with Crippen molar-refractivity contribution in [1.82, 2.24) is 0 Å². The van der Waals surface area contributed by atoms with Crippen LogP contribution in [0.15, 0.2) is 60.8 Å². The molecule has 0 radical (unpaired) electrons. The summed E-state index contributed by atoms with van der Waals surface area (Å²) in [7, 11) is 5.39. The topological polar surface area (TPSA) is 102 Å². The van der Waals surface area contributed by atoms with Crippen LogP contribution in [0.5, 0.6) is 0 Å². The van der Waals surface area contributed by atoms with Gasteiger partial charge in [-0.25, -0.2) is 0 Å². The van der Waals surface area contributed by atoms with Gasteiger partial charge in [-0.05, 0) is 57.8 Å². The van der Waals surface area contributed by atoms with Gasteiger partial charge in [-0.15, -0.1) is 0 Å². The molecule has 0 bridgehead atoms. The number of esters is 2. The summed E-state index contributed by atoms with van der Waals surface area (Å²) in [5.41, 5.74) is 0. The van der Waals surface area contributed by atoms with Gasteiger partial charge in [0.05, 0.1) is 40.3 Å². The smallest absolute Gasteiger partial charge is 0.306 e. The van der Waals surface area contributed by atoms with E-state index in [1.165, 1.54) is 57.8 Å². The largest absolute Gasteiger partial charge is 0.544 e. The molecule has 0 heterocycles. The van der Waals surface area contributed by atoms with Crippen LogP contribution in [0.25, 0.3) is 0 Å². The van der Waals surface area contributed by atoms with E-state index in [2.05, 4.69) is 74.6 Å². The summed E-state index contributed by atoms with van der Waals surface area (Å²) in [6, 6.07) is -0.730. The molecule has 0 aliphatic heterocycles. The first kappa shape index (κ1) is 53.0. The Balaban J connectivity index is 4.36. The van der Waals surface area contributed by atoms with Crippen molar-refractivity contribution in [2.24, 2.45) is 0 Å². The number of allylic oxidation sites excluding steroid dienone is 10. The zero-order valence-electron chi connectivity index (χ0n) is 36.5. The number of likely N-dealkylation sites (N-methyl/N-ethyl adjacent to an activating group) is 1. The lowest BCUT2D eigenvalue weighted by molar-refractivity contribution is -0.889. The number of aliphatic carboxylic acids is 1. The molecule has 2 unspecified atom stereocenters. The maximum Gasteiger partial charge on any atom is 0.306 e. The molecule has 0 aromatic rings. The van der Waals surface area contributed by atoms with Crippen LogP contribution >= 0.6 is 0 Å². The van der Waals surface area contributed by atoms with E-state index in [4.69, 9.17) is 14.2 Å². The highest BCUT2D eigenvalue weighted by Gasteiger charge is 2.25. The minimum Gasteiger partial charge on any atom is -0.544 e. The van der Waals surface area contributed by atoms with Crippen molar-refractivity contribution in [2.75, 3.05) is 41.0 Å². The van der Waals surface area contributed by atoms with Crippen molar-refractivity contribution in [1.29, 1.82) is 0 Å². The van der Waals surface area contributed by atoms with Gasteiger partial charge in [0.15, 0.2) is 6.10 Å². The molecule has 0 rings (SSSR count). The van der Waals surface area contributed by atoms with Crippen molar-refractivity contribution in [2.45, 2.75) is 187 Å². The van der Waals surface area contributed by atoms with Gasteiger partial charge in [-0.1, -0.05) is 158 Å². The summed E-state index contributed by atoms with van der Waals surface area (Å²) in [5.74, 6) is -1.77. The lowest BCUT2D eigenvalue weighted by atomic mass is 10.0. The first-order chi connectivity index (χ1) is 27.1. The highest BCUT2D eigenvalue weighted by atomic mass is 16.6. The molecule has 0 saturated carbocycles. The van der Waals surface area contributed by atoms with Crippen LogP contribution < -0.4 is 5.11 Å². The molecular weight excluding hydrogens is 703 g/mol. The molecule has 0 aromatic heterocycles. The summed E-state index contributed by atoms with van der Waals surface area (Å²) in [4.78, 5) is 36.8. The molecule has 0 aliphatic carbocycles. The summed E-state index contributed by atoms with van der Waals surface area (Å²) in [6.07, 6.45) is 46.7. The molecule has 2 atom stereocenters. The van der Waals surface area contributed by atoms with Crippen molar-refractivity contribution in [3.63, 3.8) is 0 Å². The number of carboxylic acid groups (broad SMARTS) is 1. The Morgan fingerprint density at radius 1 is 0.554 bits per heavy atom. The van der Waals surface area contributed by atoms with Crippen LogP contribution in [0.3, 0.4) is 0 Å². The molecule has 0 fully saturated rings. The molecule has 8 heteroatoms. The first-order valence-corrected chi connectivity index (χ1v) is 22.3. The number of carbonyl (C=O) groups is 3. The predicted molar refractivity (Wildman–Crippen MR) is 231 cm³/mol. The molecule has 322 valence electrons. The van der Waals surface area contributed by atoms with Crippen LogP contribution in [0.1, 0.15) is 174 Å². The fourth-order valence-corrected chi connectivity index (χ4v) is 6.21. The average molecular weight is 786 g/mol. The standard InChI is InChI=1S/C48H83NO7/c1-6-8-10-12-14-16-18-20-21-22-23-24-25-26-27-29-30-32-34-36-38-46(50)55-43-44(42-54-41-40-45(48(52)53)49(3,4)5)56-47(51)39-37-35-33-31-28-19-17-15-13-11-9-7-2/h8,10,14,16,20-21,23-24,26-27,44-45H,6-7,9,11-13,15,17-19,22,25,28-43H2,1-5H3/b10-8+,16-14+,21-20+,24-23+,27-26+. The summed E-state index contributed by atoms with van der Waals surface area (Å²) in [6.45, 7) is 4.51. The predicted octanol–water partition coefficient (Wildman–Crippen LogP) is 10.9. The van der Waals surface area contributed by atoms with Gasteiger partial charge in [0, 0.05) is 19.3 Å². The molecule has 0 aromatic carbocycles. The van der Waals surface area contributed by atoms with E-state index in [9.17, 15) is 19.5 Å². The van der Waals surface area contributed by atoms with E-state index < -0.39 is 18.1 Å². The Kier molecular flexibility index (Phi) is 36.8. The van der Waals surface area contributed by atoms with E-state index in [1.54, 1.807) is 21.1 Å². The van der Waals surface area contributed by atoms with E-state index in [0.29, 0.717) is 12.8 Å². The van der Waals surface area contributed by atoms with Gasteiger partial charge in [-0.3, -0.25) is 9.59 Å². The SMILES string of the molecule is CC/C=C/C/C=C/C/C=C/C/C=C/C/C=C/CCCCCCC(=O)OCC(COCCC(C(=O)[O-])[N+](C)(C)C)OC(=O)CCCCCCCCCCCCCC. The zero-order chi connectivity index (χ0) is 41.4. The highest BCUT2D eigenvalue weighted by molar-refractivity contribution is 5.70. The quantitative estimate of drug-likeness (QED) is 0.0265. The summed E-state index contributed by atoms with van der Waals surface area (Å²) < 4.78 is 17.1. The number of rotatable bonds is 39. The monoisotopic (exact) mass is 786 g/mol. The van der Waals surface area contributed by atoms with Gasteiger partial charge >= 0.3 is 11.9 Å². The molecule has 0 spiro atoms. The maximum absolute atomic E-state index is 12.7. The molecule has 8 nitrogen and oxygen atoms in total. The fraction of sp³-hybridized carbons (Fsp3) is 0.729. The normalized spacial score (nSPS) is 13.5. The zero-order valence-corrected chi connectivity index (χ0v) is 36.5. The summed E-state index contributed by atoms with van der Waals surface area (Å²) in [5, 5.41) is 11.6. The molecule has 0 N–H and O–H groups in total. The van der Waals surface area contributed by atoms with Crippen LogP contribution in [0, 0.1) is 0 Å². The second-order valence-electron chi connectivity index (χ2n) is 15.9. The third-order valence-electron chi connectivity index (χ3n) is 9.67. The van der Waals surface area contributed by atoms with Crippen LogP contribution in [0.4, 0.5) is 0 Å². The Hall–Kier alpha value is -2.97. The minimum atomic E-state index is -1.13. The Morgan fingerprint density at radius 2 is 1.00 bits per heavy atom. The molecule has 56 heavy (non-hydrogen) atoms. The molecule has 0 aliphatic rings. The number of hydrogen-bond donors (Lipinski definition) is 0. The molecule has 0 saturated heterocycles. The third kappa shape index (κ3) is 36.7. The average Bonchev–Trinajstić information content (AvgIpc) is 3.15. The Bertz CT molecular complexity index is 1100. The first-order valence-electron chi connectivity index (χ1n) is 22.3. The Labute approximate surface area is 343 Å². The van der Waals surface area contributed by atoms with Crippen molar-refractivity contribution >= 4 is 17.9 Å². The molecule has 0 amide bonds. The number of nitrogens with zero attached hydrogens (tertiary/aromatic N) is 1. The van der Waals surface area contributed by atoms with Crippen molar-refractivity contribution < 1.29 is 38.2 Å². The van der Waals surface area contributed by atoms with Gasteiger partial charge in [-0.2, -0.15) is 0 Å². The molecular formula is C48H83NO7. The van der Waals surface area contributed by atoms with Crippen LogP contribution in [-0.4, -0.2) is 75.5 Å². The van der Waals surface area contributed by atoms with Crippen molar-refractivity contribution in [3.8, 4) is 0 Å². The minimum absolute atomic E-state index is 0.0319. The van der Waals surface area contributed by atoms with E-state index in [1.807, 2.05) is 0 Å². The number of hydrogen-bond acceptors (Lipinski definition) is 7. The van der Waals surface area contributed by atoms with Crippen LogP contribution in [-0.2, 0) is 28.6 Å². The van der Waals surface area contributed by atoms with Crippen molar-refractivity contribution in [3.05, 3.63) is 60.8 Å². The number of carbonyl (C=O) groups excluding carboxylic acids is 3. The van der Waals surface area contributed by atoms with Gasteiger partial charge in [0.2, 0.25) is 0 Å². The Morgan fingerprint density at radius 3 is 1.48 bits per heavy atom. The second-order valence-corrected chi connectivity index (χ2v) is 15.9. The lowest BCUT2D eigenvalue weighted by Crippen LogP contribution is -2.55. The van der Waals surface area contributed by atoms with E-state index >= 15 is 0 Å². The van der Waals surface area contributed by atoms with Gasteiger partial charge in [0.1, 0.15) is 12.6 Å². The van der Waals surface area contributed by atoms with E-state index in [-0.39, 0.29) is 42.7 Å². The van der Waals surface area contributed by atoms with Crippen LogP contribution in [0.2, 0.25) is 0 Å². The fourth-order valence-electron chi connectivity index (χ4n) is 6.21. The number of ether oxygens (including phenoxy) is 3. The number of quaternary nitrogens is 1. The highest BCUT2D eigenvalue weighted by Crippen LogP contribution is 2.14. The summed E-state index contributed by atoms with van der Waals surface area (Å²) >= 11 is 0. The van der Waals surface area contributed by atoms with Gasteiger partial charge < -0.3 is 28.6 Å². The maximum atomic E-state index is 12.7. The number of carboxylic acids is 1. The third-order valence-corrected chi connectivity index (χ3v) is 9.67. The lowest BCUT2D eigenvalue weighted by Gasteiger charge is -2.34. The second kappa shape index (κ2) is 38.9. The van der Waals surface area contributed by atoms with Gasteiger partial charge in [0.25, 0.3) is 0 Å². The van der Waals surface area contributed by atoms with E-state index in [0.717, 1.165) is 83.5 Å². The number of unbranched alkanes of at least 4 members (excludes halogenated alkanes) is 15.